The van der Waals surface area contributed by atoms with Gasteiger partial charge in [0.2, 0.25) is 0 Å². The summed E-state index contributed by atoms with van der Waals surface area (Å²) in [7, 11) is 0. The molecule has 1 aliphatic heterocycles. The third-order valence-corrected chi connectivity index (χ3v) is 3.97. The highest BCUT2D eigenvalue weighted by Gasteiger charge is 2.26. The zero-order valence-corrected chi connectivity index (χ0v) is 12.5. The number of rotatable bonds is 2. The molecule has 2 aromatic heterocycles. The fourth-order valence-corrected chi connectivity index (χ4v) is 2.82. The third-order valence-electron chi connectivity index (χ3n) is 3.97. The quantitative estimate of drug-likeness (QED) is 0.911. The second-order valence-corrected chi connectivity index (χ2v) is 5.58. The van der Waals surface area contributed by atoms with Crippen LogP contribution in [0.1, 0.15) is 40.6 Å². The molecular formula is C16H18N4O2. The third kappa shape index (κ3) is 3.05. The second-order valence-electron chi connectivity index (χ2n) is 5.58. The molecule has 0 aliphatic carbocycles. The van der Waals surface area contributed by atoms with Crippen LogP contribution in [-0.2, 0) is 0 Å². The maximum atomic E-state index is 12.4. The van der Waals surface area contributed by atoms with Crippen molar-refractivity contribution in [1.82, 2.24) is 19.9 Å². The number of aromatic nitrogens is 3. The largest absolute Gasteiger partial charge is 0.339 e. The highest BCUT2D eigenvalue weighted by molar-refractivity contribution is 5.93. The van der Waals surface area contributed by atoms with Gasteiger partial charge in [0.1, 0.15) is 5.82 Å². The summed E-state index contributed by atoms with van der Waals surface area (Å²) in [6.45, 7) is 3.14. The Morgan fingerprint density at radius 3 is 2.77 bits per heavy atom. The maximum absolute atomic E-state index is 12.4. The highest BCUT2D eigenvalue weighted by atomic mass is 16.2. The van der Waals surface area contributed by atoms with Crippen molar-refractivity contribution < 1.29 is 4.79 Å². The van der Waals surface area contributed by atoms with Crippen LogP contribution in [0.15, 0.2) is 35.4 Å². The highest BCUT2D eigenvalue weighted by Crippen LogP contribution is 2.25. The number of aryl methyl sites for hydroxylation is 1. The van der Waals surface area contributed by atoms with Gasteiger partial charge in [0.25, 0.3) is 11.5 Å². The molecule has 3 rings (SSSR count). The molecule has 1 aliphatic rings. The molecule has 1 fully saturated rings. The van der Waals surface area contributed by atoms with Gasteiger partial charge in [0.15, 0.2) is 0 Å². The van der Waals surface area contributed by atoms with E-state index in [4.69, 9.17) is 0 Å². The van der Waals surface area contributed by atoms with Gasteiger partial charge in [-0.15, -0.1) is 0 Å². The van der Waals surface area contributed by atoms with Crippen LogP contribution in [0.3, 0.4) is 0 Å². The lowest BCUT2D eigenvalue weighted by Gasteiger charge is -2.31. The summed E-state index contributed by atoms with van der Waals surface area (Å²) in [5, 5.41) is 0. The number of likely N-dealkylation sites (tertiary alicyclic amines) is 1. The van der Waals surface area contributed by atoms with Crippen LogP contribution < -0.4 is 5.56 Å². The Balaban J connectivity index is 1.67. The number of hydrogen-bond donors (Lipinski definition) is 1. The van der Waals surface area contributed by atoms with Crippen molar-refractivity contribution in [1.29, 1.82) is 0 Å². The SMILES string of the molecule is Cc1cc(=O)[nH]c(C2CCN(C(=O)c3cccnc3)CC2)n1. The molecule has 0 atom stereocenters. The molecule has 0 radical (unpaired) electrons. The van der Waals surface area contributed by atoms with E-state index in [0.29, 0.717) is 18.7 Å². The van der Waals surface area contributed by atoms with E-state index in [9.17, 15) is 9.59 Å². The van der Waals surface area contributed by atoms with E-state index in [-0.39, 0.29) is 17.4 Å². The number of piperidine rings is 1. The average Bonchev–Trinajstić information content (AvgIpc) is 2.54. The summed E-state index contributed by atoms with van der Waals surface area (Å²) >= 11 is 0. The molecule has 0 spiro atoms. The van der Waals surface area contributed by atoms with E-state index in [0.717, 1.165) is 24.4 Å². The minimum absolute atomic E-state index is 0.0113. The van der Waals surface area contributed by atoms with Gasteiger partial charge in [-0.2, -0.15) is 0 Å². The average molecular weight is 298 g/mol. The number of nitrogens with one attached hydrogen (secondary N) is 1. The number of nitrogens with zero attached hydrogens (tertiary/aromatic N) is 3. The lowest BCUT2D eigenvalue weighted by Crippen LogP contribution is -2.38. The van der Waals surface area contributed by atoms with Gasteiger partial charge in [0, 0.05) is 43.2 Å². The van der Waals surface area contributed by atoms with Gasteiger partial charge in [-0.3, -0.25) is 14.6 Å². The Kier molecular flexibility index (Phi) is 4.00. The molecule has 6 nitrogen and oxygen atoms in total. The minimum Gasteiger partial charge on any atom is -0.339 e. The van der Waals surface area contributed by atoms with Crippen molar-refractivity contribution >= 4 is 5.91 Å². The molecule has 0 bridgehead atoms. The van der Waals surface area contributed by atoms with Crippen molar-refractivity contribution in [3.8, 4) is 0 Å². The van der Waals surface area contributed by atoms with Crippen LogP contribution >= 0.6 is 0 Å². The van der Waals surface area contributed by atoms with Crippen molar-refractivity contribution in [3.63, 3.8) is 0 Å². The minimum atomic E-state index is -0.114. The Bertz CT molecular complexity index is 718. The molecule has 6 heteroatoms. The number of aromatic amines is 1. The summed E-state index contributed by atoms with van der Waals surface area (Å²) in [4.78, 5) is 37.0. The van der Waals surface area contributed by atoms with Crippen LogP contribution in [0.25, 0.3) is 0 Å². The Labute approximate surface area is 128 Å². The van der Waals surface area contributed by atoms with E-state index < -0.39 is 0 Å². The number of amides is 1. The van der Waals surface area contributed by atoms with Crippen molar-refractivity contribution in [2.24, 2.45) is 0 Å². The van der Waals surface area contributed by atoms with Gasteiger partial charge >= 0.3 is 0 Å². The first-order valence-corrected chi connectivity index (χ1v) is 7.40. The van der Waals surface area contributed by atoms with Crippen LogP contribution in [0.4, 0.5) is 0 Å². The zero-order valence-electron chi connectivity index (χ0n) is 12.5. The maximum Gasteiger partial charge on any atom is 0.255 e. The van der Waals surface area contributed by atoms with Gasteiger partial charge in [0.05, 0.1) is 5.56 Å². The van der Waals surface area contributed by atoms with E-state index in [1.54, 1.807) is 24.5 Å². The molecule has 0 saturated carbocycles. The van der Waals surface area contributed by atoms with Crippen molar-refractivity contribution in [2.45, 2.75) is 25.7 Å². The predicted molar refractivity (Wildman–Crippen MR) is 81.7 cm³/mol. The molecule has 1 saturated heterocycles. The molecule has 3 heterocycles. The standard InChI is InChI=1S/C16H18N4O2/c1-11-9-14(21)19-15(18-11)12-4-7-20(8-5-12)16(22)13-3-2-6-17-10-13/h2-3,6,9-10,12H,4-5,7-8H2,1H3,(H,18,19,21). The fourth-order valence-electron chi connectivity index (χ4n) is 2.82. The first kappa shape index (κ1) is 14.4. The van der Waals surface area contributed by atoms with Crippen LogP contribution in [0, 0.1) is 6.92 Å². The van der Waals surface area contributed by atoms with Gasteiger partial charge < -0.3 is 9.88 Å². The van der Waals surface area contributed by atoms with Crippen LogP contribution in [0.5, 0.6) is 0 Å². The first-order chi connectivity index (χ1) is 10.6. The molecule has 22 heavy (non-hydrogen) atoms. The number of pyridine rings is 1. The summed E-state index contributed by atoms with van der Waals surface area (Å²) in [6.07, 6.45) is 4.85. The zero-order chi connectivity index (χ0) is 15.5. The predicted octanol–water partition coefficient (Wildman–Crippen LogP) is 1.49. The molecule has 1 N–H and O–H groups in total. The van der Waals surface area contributed by atoms with E-state index in [2.05, 4.69) is 15.0 Å². The summed E-state index contributed by atoms with van der Waals surface area (Å²) in [5.74, 6) is 0.946. The molecule has 2 aromatic rings. The summed E-state index contributed by atoms with van der Waals surface area (Å²) in [6, 6.07) is 5.03. The summed E-state index contributed by atoms with van der Waals surface area (Å²) < 4.78 is 0. The molecular weight excluding hydrogens is 280 g/mol. The Morgan fingerprint density at radius 2 is 2.14 bits per heavy atom. The lowest BCUT2D eigenvalue weighted by molar-refractivity contribution is 0.0710. The van der Waals surface area contributed by atoms with Crippen molar-refractivity contribution in [2.75, 3.05) is 13.1 Å². The van der Waals surface area contributed by atoms with Crippen LogP contribution in [0.2, 0.25) is 0 Å². The van der Waals surface area contributed by atoms with E-state index in [1.807, 2.05) is 11.8 Å². The first-order valence-electron chi connectivity index (χ1n) is 7.40. The number of carbonyl (C=O) groups is 1. The molecule has 1 amide bonds. The number of carbonyl (C=O) groups excluding carboxylic acids is 1. The summed E-state index contributed by atoms with van der Waals surface area (Å²) in [5.41, 5.74) is 1.23. The lowest BCUT2D eigenvalue weighted by atomic mass is 9.95. The smallest absolute Gasteiger partial charge is 0.255 e. The molecule has 0 unspecified atom stereocenters. The van der Waals surface area contributed by atoms with Crippen LogP contribution in [-0.4, -0.2) is 38.8 Å². The molecule has 114 valence electrons. The normalized spacial score (nSPS) is 15.8. The number of hydrogen-bond acceptors (Lipinski definition) is 4. The van der Waals surface area contributed by atoms with Crippen molar-refractivity contribution in [3.05, 3.63) is 58.0 Å². The monoisotopic (exact) mass is 298 g/mol. The Morgan fingerprint density at radius 1 is 1.36 bits per heavy atom. The van der Waals surface area contributed by atoms with Gasteiger partial charge in [-0.1, -0.05) is 0 Å². The van der Waals surface area contributed by atoms with E-state index >= 15 is 0 Å². The van der Waals surface area contributed by atoms with Gasteiger partial charge in [-0.25, -0.2) is 4.98 Å². The van der Waals surface area contributed by atoms with E-state index in [1.165, 1.54) is 6.07 Å². The fraction of sp³-hybridized carbons (Fsp3) is 0.375. The second kappa shape index (κ2) is 6.09. The van der Waals surface area contributed by atoms with Gasteiger partial charge in [-0.05, 0) is 31.9 Å². The number of H-pyrrole nitrogens is 1. The Hall–Kier alpha value is -2.50. The molecule has 0 aromatic carbocycles. The topological polar surface area (TPSA) is 79.0 Å².